The van der Waals surface area contributed by atoms with E-state index < -0.39 is 0 Å². The second-order valence-corrected chi connectivity index (χ2v) is 6.67. The number of imidazole rings is 1. The highest BCUT2D eigenvalue weighted by atomic mass is 35.5. The number of nitrogens with one attached hydrogen (secondary N) is 1. The van der Waals surface area contributed by atoms with Crippen LogP contribution in [0.1, 0.15) is 37.6 Å². The molecule has 0 radical (unpaired) electrons. The lowest BCUT2D eigenvalue weighted by molar-refractivity contribution is 1.15. The summed E-state index contributed by atoms with van der Waals surface area (Å²) in [5.41, 5.74) is 7.68. The first-order chi connectivity index (χ1) is 13.5. The van der Waals surface area contributed by atoms with Crippen LogP contribution in [0.25, 0.3) is 16.6 Å². The van der Waals surface area contributed by atoms with Crippen molar-refractivity contribution in [1.82, 2.24) is 14.4 Å². The summed E-state index contributed by atoms with van der Waals surface area (Å²) in [5.74, 6) is 0. The van der Waals surface area contributed by atoms with Gasteiger partial charge in [-0.15, -0.1) is 0 Å². The number of aromatic nitrogens is 3. The van der Waals surface area contributed by atoms with Crippen molar-refractivity contribution in [2.24, 2.45) is 0 Å². The van der Waals surface area contributed by atoms with Gasteiger partial charge in [0, 0.05) is 17.3 Å². The third-order valence-corrected chi connectivity index (χ3v) is 4.86. The molecule has 2 aromatic heterocycles. The van der Waals surface area contributed by atoms with Gasteiger partial charge < -0.3 is 5.32 Å². The molecule has 0 aliphatic rings. The Hall–Kier alpha value is -2.59. The minimum Gasteiger partial charge on any atom is -0.385 e. The van der Waals surface area contributed by atoms with Gasteiger partial charge in [-0.25, -0.2) is 9.97 Å². The summed E-state index contributed by atoms with van der Waals surface area (Å²) in [4.78, 5) is 8.80. The minimum atomic E-state index is 0.856. The highest BCUT2D eigenvalue weighted by Crippen LogP contribution is 2.21. The lowest BCUT2D eigenvalue weighted by atomic mass is 10.1. The summed E-state index contributed by atoms with van der Waals surface area (Å²) >= 11 is 5.81. The summed E-state index contributed by atoms with van der Waals surface area (Å²) in [6.07, 6.45) is 3.68. The Morgan fingerprint density at radius 2 is 1.79 bits per heavy atom. The zero-order valence-electron chi connectivity index (χ0n) is 17.5. The number of aryl methyl sites for hydroxylation is 2. The van der Waals surface area contributed by atoms with Crippen LogP contribution < -0.4 is 5.32 Å². The molecule has 4 nitrogen and oxygen atoms in total. The van der Waals surface area contributed by atoms with Crippen molar-refractivity contribution < 1.29 is 0 Å². The van der Waals surface area contributed by atoms with E-state index in [0.29, 0.717) is 0 Å². The van der Waals surface area contributed by atoms with Gasteiger partial charge in [-0.3, -0.25) is 4.40 Å². The molecule has 0 atom stereocenters. The zero-order chi connectivity index (χ0) is 20.7. The van der Waals surface area contributed by atoms with Crippen LogP contribution in [-0.2, 0) is 0 Å². The van der Waals surface area contributed by atoms with Crippen LogP contribution in [0.2, 0.25) is 5.02 Å². The molecule has 0 aliphatic heterocycles. The number of rotatable bonds is 2. The van der Waals surface area contributed by atoms with E-state index in [1.807, 2.05) is 52.4 Å². The van der Waals surface area contributed by atoms with Crippen LogP contribution in [0.15, 0.2) is 48.9 Å². The highest BCUT2D eigenvalue weighted by molar-refractivity contribution is 6.31. The Kier molecular flexibility index (Phi) is 7.82. The predicted octanol–water partition coefficient (Wildman–Crippen LogP) is 6.61. The lowest BCUT2D eigenvalue weighted by Gasteiger charge is -2.07. The minimum absolute atomic E-state index is 0.856. The molecule has 1 N–H and O–H groups in total. The molecule has 2 heterocycles. The van der Waals surface area contributed by atoms with Gasteiger partial charge in [-0.2, -0.15) is 0 Å². The Bertz CT molecular complexity index is 1030. The van der Waals surface area contributed by atoms with Gasteiger partial charge in [0.15, 0.2) is 0 Å². The fourth-order valence-corrected chi connectivity index (χ4v) is 3.06. The average molecular weight is 397 g/mol. The molecule has 0 saturated carbocycles. The van der Waals surface area contributed by atoms with Gasteiger partial charge in [0.05, 0.1) is 34.8 Å². The summed E-state index contributed by atoms with van der Waals surface area (Å²) < 4.78 is 2.08. The molecule has 4 aromatic rings. The molecule has 0 aliphatic carbocycles. The molecule has 0 bridgehead atoms. The maximum atomic E-state index is 5.81. The van der Waals surface area contributed by atoms with E-state index in [9.17, 15) is 0 Å². The van der Waals surface area contributed by atoms with Gasteiger partial charge in [-0.1, -0.05) is 37.6 Å². The number of hydrogen-bond donors (Lipinski definition) is 1. The van der Waals surface area contributed by atoms with Gasteiger partial charge in [0.1, 0.15) is 0 Å². The SMILES string of the molecule is CC.CCNc1ccc2c(c1)nc(C)c1cncn12.Cc1cccc(Cl)c1C. The predicted molar refractivity (Wildman–Crippen MR) is 122 cm³/mol. The van der Waals surface area contributed by atoms with Crippen LogP contribution >= 0.6 is 11.6 Å². The average Bonchev–Trinajstić information content (AvgIpc) is 3.19. The monoisotopic (exact) mass is 396 g/mol. The molecule has 0 fully saturated rings. The molecule has 0 amide bonds. The molecule has 0 unspecified atom stereocenters. The number of halogens is 1. The Morgan fingerprint density at radius 1 is 1.04 bits per heavy atom. The van der Waals surface area contributed by atoms with E-state index in [1.165, 1.54) is 11.1 Å². The highest BCUT2D eigenvalue weighted by Gasteiger charge is 2.05. The molecular formula is C23H29ClN4. The van der Waals surface area contributed by atoms with Crippen LogP contribution in [0, 0.1) is 20.8 Å². The summed E-state index contributed by atoms with van der Waals surface area (Å²) in [5, 5.41) is 4.15. The first-order valence-electron chi connectivity index (χ1n) is 9.69. The van der Waals surface area contributed by atoms with E-state index in [1.54, 1.807) is 0 Å². The summed E-state index contributed by atoms with van der Waals surface area (Å²) in [6, 6.07) is 12.2. The fourth-order valence-electron chi connectivity index (χ4n) is 2.84. The van der Waals surface area contributed by atoms with Gasteiger partial charge in [0.25, 0.3) is 0 Å². The number of benzene rings is 2. The number of anilines is 1. The molecule has 0 spiro atoms. The van der Waals surface area contributed by atoms with Crippen molar-refractivity contribution in [3.05, 3.63) is 70.8 Å². The van der Waals surface area contributed by atoms with E-state index in [2.05, 4.69) is 57.8 Å². The maximum Gasteiger partial charge on any atom is 0.0998 e. The standard InChI is InChI=1S/C13H14N4.C8H9Cl.C2H6/c1-3-15-10-4-5-12-11(6-10)16-9(2)13-7-14-8-17(12)13;1-6-4-3-5-8(9)7(6)2;1-2/h4-8,15H,3H2,1-2H3;3-5H,1-2H3;1-2H3. The third-order valence-electron chi connectivity index (χ3n) is 4.45. The third kappa shape index (κ3) is 4.82. The zero-order valence-corrected chi connectivity index (χ0v) is 18.3. The van der Waals surface area contributed by atoms with Crippen molar-refractivity contribution in [2.45, 2.75) is 41.5 Å². The van der Waals surface area contributed by atoms with Crippen LogP contribution in [0.3, 0.4) is 0 Å². The van der Waals surface area contributed by atoms with Crippen LogP contribution in [0.4, 0.5) is 5.69 Å². The molecule has 2 aromatic carbocycles. The number of hydrogen-bond acceptors (Lipinski definition) is 3. The summed E-state index contributed by atoms with van der Waals surface area (Å²) in [6.45, 7) is 13.1. The second kappa shape index (κ2) is 10.1. The van der Waals surface area contributed by atoms with Gasteiger partial charge in [-0.05, 0) is 63.1 Å². The first kappa shape index (κ1) is 21.7. The van der Waals surface area contributed by atoms with Crippen LogP contribution in [-0.4, -0.2) is 20.9 Å². The number of fused-ring (bicyclic) bond motifs is 3. The van der Waals surface area contributed by atoms with Crippen molar-refractivity contribution in [2.75, 3.05) is 11.9 Å². The van der Waals surface area contributed by atoms with E-state index in [4.69, 9.17) is 11.6 Å². The van der Waals surface area contributed by atoms with E-state index in [-0.39, 0.29) is 0 Å². The Morgan fingerprint density at radius 3 is 2.43 bits per heavy atom. The largest absolute Gasteiger partial charge is 0.385 e. The summed E-state index contributed by atoms with van der Waals surface area (Å²) in [7, 11) is 0. The molecular weight excluding hydrogens is 368 g/mol. The maximum absolute atomic E-state index is 5.81. The molecule has 0 saturated heterocycles. The van der Waals surface area contributed by atoms with Gasteiger partial charge >= 0.3 is 0 Å². The molecule has 5 heteroatoms. The normalized spacial score (nSPS) is 10.1. The first-order valence-corrected chi connectivity index (χ1v) is 10.1. The Labute approximate surface area is 172 Å². The van der Waals surface area contributed by atoms with E-state index >= 15 is 0 Å². The van der Waals surface area contributed by atoms with Crippen molar-refractivity contribution in [3.63, 3.8) is 0 Å². The van der Waals surface area contributed by atoms with Gasteiger partial charge in [0.2, 0.25) is 0 Å². The Balaban J connectivity index is 0.000000216. The topological polar surface area (TPSA) is 42.2 Å². The molecule has 4 rings (SSSR count). The molecule has 148 valence electrons. The van der Waals surface area contributed by atoms with Crippen molar-refractivity contribution in [1.29, 1.82) is 0 Å². The number of nitrogens with zero attached hydrogens (tertiary/aromatic N) is 3. The lowest BCUT2D eigenvalue weighted by Crippen LogP contribution is -1.98. The van der Waals surface area contributed by atoms with Crippen LogP contribution in [0.5, 0.6) is 0 Å². The smallest absolute Gasteiger partial charge is 0.0998 e. The van der Waals surface area contributed by atoms with Crippen molar-refractivity contribution in [3.8, 4) is 0 Å². The second-order valence-electron chi connectivity index (χ2n) is 6.26. The fraction of sp³-hybridized carbons (Fsp3) is 0.304. The van der Waals surface area contributed by atoms with Crippen molar-refractivity contribution >= 4 is 33.8 Å². The quantitative estimate of drug-likeness (QED) is 0.414. The molecule has 28 heavy (non-hydrogen) atoms. The van der Waals surface area contributed by atoms with E-state index in [0.717, 1.165) is 39.5 Å².